The Morgan fingerprint density at radius 1 is 1.17 bits per heavy atom. The van der Waals surface area contributed by atoms with E-state index in [1.54, 1.807) is 18.0 Å². The summed E-state index contributed by atoms with van der Waals surface area (Å²) in [5.41, 5.74) is 2.26. The van der Waals surface area contributed by atoms with Crippen LogP contribution in [0.5, 0.6) is 5.88 Å². The number of ether oxygens (including phenoxy) is 1. The summed E-state index contributed by atoms with van der Waals surface area (Å²) in [5, 5.41) is 4.44. The molecule has 0 unspecified atom stereocenters. The van der Waals surface area contributed by atoms with Gasteiger partial charge in [0.25, 0.3) is 0 Å². The van der Waals surface area contributed by atoms with E-state index in [0.717, 1.165) is 5.69 Å². The molecule has 0 radical (unpaired) electrons. The predicted octanol–water partition coefficient (Wildman–Crippen LogP) is 2.48. The van der Waals surface area contributed by atoms with Crippen molar-refractivity contribution < 1.29 is 4.74 Å². The minimum atomic E-state index is 0.145. The van der Waals surface area contributed by atoms with Gasteiger partial charge in [-0.2, -0.15) is 10.1 Å². The van der Waals surface area contributed by atoms with Crippen molar-refractivity contribution in [2.45, 2.75) is 0 Å². The maximum atomic E-state index is 5.82. The van der Waals surface area contributed by atoms with E-state index in [0.29, 0.717) is 16.9 Å². The van der Waals surface area contributed by atoms with Crippen molar-refractivity contribution in [1.82, 2.24) is 19.7 Å². The van der Waals surface area contributed by atoms with Gasteiger partial charge in [-0.05, 0) is 23.7 Å². The fourth-order valence-corrected chi connectivity index (χ4v) is 1.96. The molecule has 0 N–H and O–H groups in total. The lowest BCUT2D eigenvalue weighted by molar-refractivity contribution is 0.401. The monoisotopic (exact) mass is 260 g/mol. The molecule has 0 bridgehead atoms. The number of para-hydroxylation sites is 1. The van der Waals surface area contributed by atoms with Crippen LogP contribution in [0.25, 0.3) is 16.7 Å². The average Bonchev–Trinajstić information content (AvgIpc) is 2.82. The van der Waals surface area contributed by atoms with Crippen LogP contribution >= 0.6 is 11.6 Å². The van der Waals surface area contributed by atoms with Crippen LogP contribution < -0.4 is 4.74 Å². The van der Waals surface area contributed by atoms with Crippen LogP contribution in [-0.2, 0) is 0 Å². The lowest BCUT2D eigenvalue weighted by Crippen LogP contribution is -1.99. The molecule has 3 rings (SSSR count). The molecule has 2 heterocycles. The Balaban J connectivity index is 2.32. The standard InChI is InChI=1S/C12H9ClN4O/c1-18-11-10-9(15-12(13)16-11)7-14-17(10)8-5-3-2-4-6-8/h2-7H,1H3. The molecule has 0 amide bonds. The number of fused-ring (bicyclic) bond motifs is 1. The summed E-state index contributed by atoms with van der Waals surface area (Å²) in [6, 6.07) is 9.71. The molecule has 0 aliphatic carbocycles. The summed E-state index contributed by atoms with van der Waals surface area (Å²) in [7, 11) is 1.54. The van der Waals surface area contributed by atoms with Crippen LogP contribution in [0, 0.1) is 0 Å². The van der Waals surface area contributed by atoms with Gasteiger partial charge in [0.2, 0.25) is 11.2 Å². The smallest absolute Gasteiger partial charge is 0.244 e. The van der Waals surface area contributed by atoms with E-state index in [1.165, 1.54) is 0 Å². The number of rotatable bonds is 2. The van der Waals surface area contributed by atoms with Gasteiger partial charge in [-0.1, -0.05) is 18.2 Å². The summed E-state index contributed by atoms with van der Waals surface area (Å²) in [6.45, 7) is 0. The average molecular weight is 261 g/mol. The molecular formula is C12H9ClN4O. The topological polar surface area (TPSA) is 52.8 Å². The number of nitrogens with zero attached hydrogens (tertiary/aromatic N) is 4. The zero-order chi connectivity index (χ0) is 12.5. The van der Waals surface area contributed by atoms with Gasteiger partial charge in [-0.25, -0.2) is 9.67 Å². The van der Waals surface area contributed by atoms with E-state index in [9.17, 15) is 0 Å². The molecule has 3 aromatic rings. The Kier molecular flexibility index (Phi) is 2.60. The third kappa shape index (κ3) is 1.69. The van der Waals surface area contributed by atoms with E-state index in [4.69, 9.17) is 16.3 Å². The summed E-state index contributed by atoms with van der Waals surface area (Å²) < 4.78 is 6.96. The number of hydrogen-bond donors (Lipinski definition) is 0. The molecule has 5 nitrogen and oxygen atoms in total. The van der Waals surface area contributed by atoms with Gasteiger partial charge in [0.1, 0.15) is 5.52 Å². The van der Waals surface area contributed by atoms with Crippen molar-refractivity contribution in [2.24, 2.45) is 0 Å². The van der Waals surface area contributed by atoms with Crippen LogP contribution in [-0.4, -0.2) is 26.9 Å². The number of benzene rings is 1. The molecule has 2 aromatic heterocycles. The van der Waals surface area contributed by atoms with Crippen molar-refractivity contribution in [1.29, 1.82) is 0 Å². The van der Waals surface area contributed by atoms with Crippen molar-refractivity contribution in [2.75, 3.05) is 7.11 Å². The van der Waals surface area contributed by atoms with Crippen molar-refractivity contribution in [3.05, 3.63) is 41.8 Å². The van der Waals surface area contributed by atoms with Crippen LogP contribution in [0.4, 0.5) is 0 Å². The van der Waals surface area contributed by atoms with Gasteiger partial charge < -0.3 is 4.74 Å². The fraction of sp³-hybridized carbons (Fsp3) is 0.0833. The maximum Gasteiger partial charge on any atom is 0.244 e. The van der Waals surface area contributed by atoms with Gasteiger partial charge in [0, 0.05) is 0 Å². The Labute approximate surface area is 108 Å². The first kappa shape index (κ1) is 11.0. The summed E-state index contributed by atoms with van der Waals surface area (Å²) in [4.78, 5) is 8.17. The zero-order valence-corrected chi connectivity index (χ0v) is 10.3. The Hall–Kier alpha value is -2.14. The van der Waals surface area contributed by atoms with Crippen molar-refractivity contribution >= 4 is 22.6 Å². The lowest BCUT2D eigenvalue weighted by Gasteiger charge is -2.06. The molecule has 18 heavy (non-hydrogen) atoms. The fourth-order valence-electron chi connectivity index (χ4n) is 1.79. The van der Waals surface area contributed by atoms with E-state index in [-0.39, 0.29) is 5.28 Å². The van der Waals surface area contributed by atoms with Crippen molar-refractivity contribution in [3.63, 3.8) is 0 Å². The number of aromatic nitrogens is 4. The Morgan fingerprint density at radius 2 is 1.94 bits per heavy atom. The SMILES string of the molecule is COc1nc(Cl)nc2cnn(-c3ccccc3)c12. The number of methoxy groups -OCH3 is 1. The third-order valence-corrected chi connectivity index (χ3v) is 2.72. The van der Waals surface area contributed by atoms with Crippen LogP contribution in [0.1, 0.15) is 0 Å². The molecule has 0 aliphatic rings. The number of halogens is 1. The number of hydrogen-bond acceptors (Lipinski definition) is 4. The molecule has 0 fully saturated rings. The van der Waals surface area contributed by atoms with Crippen molar-refractivity contribution in [3.8, 4) is 11.6 Å². The highest BCUT2D eigenvalue weighted by Crippen LogP contribution is 2.25. The van der Waals surface area contributed by atoms with E-state index in [1.807, 2.05) is 30.3 Å². The van der Waals surface area contributed by atoms with Crippen LogP contribution in [0.15, 0.2) is 36.5 Å². The second kappa shape index (κ2) is 4.27. The molecular weight excluding hydrogens is 252 g/mol. The van der Waals surface area contributed by atoms with Crippen LogP contribution in [0.2, 0.25) is 5.28 Å². The third-order valence-electron chi connectivity index (χ3n) is 2.55. The highest BCUT2D eigenvalue weighted by Gasteiger charge is 2.14. The minimum absolute atomic E-state index is 0.145. The first-order valence-corrected chi connectivity index (χ1v) is 5.68. The Bertz CT molecular complexity index is 696. The normalized spacial score (nSPS) is 10.8. The highest BCUT2D eigenvalue weighted by molar-refractivity contribution is 6.28. The van der Waals surface area contributed by atoms with E-state index >= 15 is 0 Å². The van der Waals surface area contributed by atoms with Gasteiger partial charge >= 0.3 is 0 Å². The second-order valence-electron chi connectivity index (χ2n) is 3.63. The van der Waals surface area contributed by atoms with Gasteiger partial charge in [0.15, 0.2) is 5.52 Å². The molecule has 0 atom stereocenters. The molecule has 0 spiro atoms. The Morgan fingerprint density at radius 3 is 2.67 bits per heavy atom. The lowest BCUT2D eigenvalue weighted by atomic mass is 10.3. The summed E-state index contributed by atoms with van der Waals surface area (Å²) in [5.74, 6) is 0.409. The van der Waals surface area contributed by atoms with Gasteiger partial charge in [0.05, 0.1) is 19.0 Å². The predicted molar refractivity (Wildman–Crippen MR) is 68.2 cm³/mol. The van der Waals surface area contributed by atoms with E-state index < -0.39 is 0 Å². The molecule has 0 saturated heterocycles. The highest BCUT2D eigenvalue weighted by atomic mass is 35.5. The summed E-state index contributed by atoms with van der Waals surface area (Å²) >= 11 is 5.82. The van der Waals surface area contributed by atoms with Crippen LogP contribution in [0.3, 0.4) is 0 Å². The molecule has 0 aliphatic heterocycles. The molecule has 6 heteroatoms. The van der Waals surface area contributed by atoms with Gasteiger partial charge in [-0.3, -0.25) is 0 Å². The zero-order valence-electron chi connectivity index (χ0n) is 9.54. The quantitative estimate of drug-likeness (QED) is 0.664. The molecule has 0 saturated carbocycles. The maximum absolute atomic E-state index is 5.82. The molecule has 1 aromatic carbocycles. The summed E-state index contributed by atoms with van der Waals surface area (Å²) in [6.07, 6.45) is 1.64. The first-order valence-electron chi connectivity index (χ1n) is 5.30. The minimum Gasteiger partial charge on any atom is -0.479 e. The van der Waals surface area contributed by atoms with E-state index in [2.05, 4.69) is 15.1 Å². The largest absolute Gasteiger partial charge is 0.479 e. The van der Waals surface area contributed by atoms with Gasteiger partial charge in [-0.15, -0.1) is 0 Å². The second-order valence-corrected chi connectivity index (χ2v) is 3.97. The first-order chi connectivity index (χ1) is 8.79. The molecule has 90 valence electrons.